The van der Waals surface area contributed by atoms with Gasteiger partial charge in [-0.1, -0.05) is 98.2 Å². The van der Waals surface area contributed by atoms with E-state index in [2.05, 4.69) is 55.1 Å². The van der Waals surface area contributed by atoms with Crippen LogP contribution >= 0.6 is 11.6 Å². The summed E-state index contributed by atoms with van der Waals surface area (Å²) in [5.41, 5.74) is 1.50. The second-order valence-electron chi connectivity index (χ2n) is 12.9. The highest BCUT2D eigenvalue weighted by atomic mass is 35.5. The van der Waals surface area contributed by atoms with Crippen LogP contribution in [0.25, 0.3) is 0 Å². The van der Waals surface area contributed by atoms with Gasteiger partial charge in [-0.25, -0.2) is 0 Å². The third-order valence-electron chi connectivity index (χ3n) is 9.42. The molecule has 6 heteroatoms. The Morgan fingerprint density at radius 2 is 1.52 bits per heavy atom. The zero-order valence-corrected chi connectivity index (χ0v) is 25.7. The Kier molecular flexibility index (Phi) is 8.31. The average Bonchev–Trinajstić information content (AvgIpc) is 3.30. The lowest BCUT2D eigenvalue weighted by molar-refractivity contribution is -0.134. The topological polar surface area (TPSA) is 60.8 Å². The maximum Gasteiger partial charge on any atom is 0.258 e. The molecule has 1 unspecified atom stereocenters. The smallest absolute Gasteiger partial charge is 0.258 e. The first kappa shape index (κ1) is 29.1. The zero-order chi connectivity index (χ0) is 28.5. The predicted octanol–water partition coefficient (Wildman–Crippen LogP) is 5.50. The minimum atomic E-state index is -3.12. The van der Waals surface area contributed by atoms with E-state index in [1.807, 2.05) is 49.4 Å². The van der Waals surface area contributed by atoms with E-state index in [0.29, 0.717) is 17.9 Å². The number of hydrogen-bond acceptors (Lipinski definition) is 3. The molecular weight excluding hydrogens is 534 g/mol. The minimum absolute atomic E-state index is 0.0455. The quantitative estimate of drug-likeness (QED) is 0.349. The maximum absolute atomic E-state index is 13.3. The fourth-order valence-corrected chi connectivity index (χ4v) is 10.9. The number of carbonyl (C=O) groups is 1. The molecular formula is C34H42ClNO3Si. The van der Waals surface area contributed by atoms with Gasteiger partial charge in [0, 0.05) is 23.5 Å². The molecule has 40 heavy (non-hydrogen) atoms. The van der Waals surface area contributed by atoms with Crippen molar-refractivity contribution in [3.8, 4) is 0 Å². The summed E-state index contributed by atoms with van der Waals surface area (Å²) in [5, 5.41) is 12.6. The molecule has 1 aliphatic carbocycles. The summed E-state index contributed by atoms with van der Waals surface area (Å²) < 4.78 is 0. The van der Waals surface area contributed by atoms with Crippen molar-refractivity contribution >= 4 is 36.2 Å². The van der Waals surface area contributed by atoms with Crippen LogP contribution in [0.15, 0.2) is 78.9 Å². The first-order chi connectivity index (χ1) is 19.0. The minimum Gasteiger partial charge on any atom is -0.424 e. The monoisotopic (exact) mass is 575 g/mol. The SMILES string of the molecule is CC1(O)CCC(N2CCC(Cc3ccc(CC(C)(C)[Si](O)(c4ccccc4)c4ccccc4)cc3Cl)C2=O)CC1. The van der Waals surface area contributed by atoms with Crippen molar-refractivity contribution in [3.63, 3.8) is 0 Å². The summed E-state index contributed by atoms with van der Waals surface area (Å²) in [7, 11) is -3.12. The lowest BCUT2D eigenvalue weighted by Gasteiger charge is -2.41. The average molecular weight is 576 g/mol. The van der Waals surface area contributed by atoms with Gasteiger partial charge in [0.25, 0.3) is 8.32 Å². The molecule has 5 rings (SSSR count). The molecule has 2 aliphatic rings. The normalized spacial score (nSPS) is 23.9. The molecule has 1 amide bonds. The predicted molar refractivity (Wildman–Crippen MR) is 166 cm³/mol. The number of rotatable bonds is 8. The van der Waals surface area contributed by atoms with E-state index in [1.54, 1.807) is 0 Å². The van der Waals surface area contributed by atoms with Crippen LogP contribution in [-0.4, -0.2) is 47.2 Å². The lowest BCUT2D eigenvalue weighted by Crippen LogP contribution is -2.65. The Balaban J connectivity index is 1.31. The molecule has 0 aromatic heterocycles. The van der Waals surface area contributed by atoms with Gasteiger partial charge in [-0.15, -0.1) is 0 Å². The third-order valence-corrected chi connectivity index (χ3v) is 14.2. The molecule has 3 aromatic carbocycles. The van der Waals surface area contributed by atoms with E-state index in [9.17, 15) is 14.7 Å². The molecule has 1 saturated heterocycles. The van der Waals surface area contributed by atoms with Gasteiger partial charge in [-0.05, 0) is 84.5 Å². The summed E-state index contributed by atoms with van der Waals surface area (Å²) in [6.45, 7) is 7.02. The summed E-state index contributed by atoms with van der Waals surface area (Å²) in [6.07, 6.45) is 5.43. The highest BCUT2D eigenvalue weighted by Gasteiger charge is 2.50. The van der Waals surface area contributed by atoms with E-state index in [1.165, 1.54) is 0 Å². The highest BCUT2D eigenvalue weighted by Crippen LogP contribution is 2.40. The molecule has 3 aromatic rings. The molecule has 212 valence electrons. The van der Waals surface area contributed by atoms with E-state index < -0.39 is 19.0 Å². The van der Waals surface area contributed by atoms with Crippen LogP contribution in [0.1, 0.15) is 64.0 Å². The van der Waals surface area contributed by atoms with Crippen LogP contribution in [-0.2, 0) is 17.6 Å². The Morgan fingerprint density at radius 3 is 2.08 bits per heavy atom. The third kappa shape index (κ3) is 5.80. The molecule has 1 aliphatic heterocycles. The zero-order valence-electron chi connectivity index (χ0n) is 23.9. The summed E-state index contributed by atoms with van der Waals surface area (Å²) in [5.74, 6) is 0.186. The van der Waals surface area contributed by atoms with Crippen molar-refractivity contribution in [3.05, 3.63) is 95.0 Å². The largest absolute Gasteiger partial charge is 0.424 e. The van der Waals surface area contributed by atoms with Gasteiger partial charge in [-0.3, -0.25) is 4.79 Å². The second-order valence-corrected chi connectivity index (χ2v) is 17.2. The lowest BCUT2D eigenvalue weighted by atomic mass is 9.83. The molecule has 2 fully saturated rings. The van der Waals surface area contributed by atoms with Gasteiger partial charge in [0.15, 0.2) is 0 Å². The first-order valence-electron chi connectivity index (χ1n) is 14.6. The summed E-state index contributed by atoms with van der Waals surface area (Å²) >= 11 is 6.85. The van der Waals surface area contributed by atoms with E-state index in [-0.39, 0.29) is 17.9 Å². The van der Waals surface area contributed by atoms with Gasteiger partial charge in [0.2, 0.25) is 5.91 Å². The van der Waals surface area contributed by atoms with Crippen molar-refractivity contribution in [2.24, 2.45) is 5.92 Å². The number of amides is 1. The Labute approximate surface area is 245 Å². The van der Waals surface area contributed by atoms with Gasteiger partial charge >= 0.3 is 0 Å². The van der Waals surface area contributed by atoms with Crippen LogP contribution in [0.4, 0.5) is 0 Å². The standard InChI is InChI=1S/C34H42ClNO3Si/c1-33(2,40(39,29-10-6-4-7-11-29)30-12-8-5-9-13-30)24-25-14-15-26(31(35)22-25)23-27-18-21-36(32(27)37)28-16-19-34(3,38)20-17-28/h4-15,22,27-28,38-39H,16-21,23-24H2,1-3H3. The molecule has 0 spiro atoms. The van der Waals surface area contributed by atoms with E-state index in [0.717, 1.165) is 60.1 Å². The number of halogens is 1. The van der Waals surface area contributed by atoms with Crippen molar-refractivity contribution < 1.29 is 14.7 Å². The molecule has 1 heterocycles. The number of carbonyl (C=O) groups excluding carboxylic acids is 1. The summed E-state index contributed by atoms with van der Waals surface area (Å²) in [4.78, 5) is 27.9. The molecule has 1 atom stereocenters. The number of nitrogens with zero attached hydrogens (tertiary/aromatic N) is 1. The highest BCUT2D eigenvalue weighted by molar-refractivity contribution is 6.98. The first-order valence-corrected chi connectivity index (χ1v) is 17.0. The van der Waals surface area contributed by atoms with Crippen LogP contribution in [0.3, 0.4) is 0 Å². The summed E-state index contributed by atoms with van der Waals surface area (Å²) in [6, 6.07) is 26.7. The Bertz CT molecular complexity index is 1280. The van der Waals surface area contributed by atoms with Gasteiger partial charge in [-0.2, -0.15) is 0 Å². The van der Waals surface area contributed by atoms with Crippen molar-refractivity contribution in [2.45, 2.75) is 82.4 Å². The number of aliphatic hydroxyl groups is 1. The molecule has 0 bridgehead atoms. The fraction of sp³-hybridized carbons (Fsp3) is 0.441. The van der Waals surface area contributed by atoms with Gasteiger partial charge in [0.1, 0.15) is 0 Å². The van der Waals surface area contributed by atoms with E-state index >= 15 is 0 Å². The molecule has 0 radical (unpaired) electrons. The molecule has 4 nitrogen and oxygen atoms in total. The van der Waals surface area contributed by atoms with Crippen LogP contribution in [0.5, 0.6) is 0 Å². The number of hydrogen-bond donors (Lipinski definition) is 2. The van der Waals surface area contributed by atoms with Gasteiger partial charge < -0.3 is 14.8 Å². The van der Waals surface area contributed by atoms with Crippen LogP contribution in [0.2, 0.25) is 10.1 Å². The second kappa shape index (κ2) is 11.4. The van der Waals surface area contributed by atoms with Crippen molar-refractivity contribution in [2.75, 3.05) is 6.54 Å². The van der Waals surface area contributed by atoms with Crippen molar-refractivity contribution in [1.29, 1.82) is 0 Å². The van der Waals surface area contributed by atoms with Crippen LogP contribution < -0.4 is 10.4 Å². The Hall–Kier alpha value is -2.44. The maximum atomic E-state index is 13.3. The van der Waals surface area contributed by atoms with Crippen molar-refractivity contribution in [1.82, 2.24) is 4.90 Å². The molecule has 2 N–H and O–H groups in total. The molecule has 1 saturated carbocycles. The van der Waals surface area contributed by atoms with Crippen LogP contribution in [0, 0.1) is 5.92 Å². The number of benzene rings is 3. The Morgan fingerprint density at radius 1 is 0.950 bits per heavy atom. The fourth-order valence-electron chi connectivity index (χ4n) is 6.93. The van der Waals surface area contributed by atoms with E-state index in [4.69, 9.17) is 11.6 Å². The van der Waals surface area contributed by atoms with Gasteiger partial charge in [0.05, 0.1) is 5.60 Å². The number of likely N-dealkylation sites (tertiary alicyclic amines) is 1.